The van der Waals surface area contributed by atoms with E-state index in [0.29, 0.717) is 29.4 Å². The number of nitrogens with zero attached hydrogens (tertiary/aromatic N) is 3. The van der Waals surface area contributed by atoms with Gasteiger partial charge in [-0.1, -0.05) is 12.1 Å². The number of allylic oxidation sites excluding steroid dienone is 1. The molecule has 0 radical (unpaired) electrons. The lowest BCUT2D eigenvalue weighted by atomic mass is 10.1. The Hall–Kier alpha value is -4.15. The number of aliphatic imine (C=N–C) groups is 1. The zero-order valence-corrected chi connectivity index (χ0v) is 20.5. The highest BCUT2D eigenvalue weighted by atomic mass is 16.5. The Bertz CT molecular complexity index is 1330. The minimum atomic E-state index is -0.705. The Labute approximate surface area is 214 Å². The highest BCUT2D eigenvalue weighted by Crippen LogP contribution is 2.40. The van der Waals surface area contributed by atoms with Gasteiger partial charge in [-0.05, 0) is 37.3 Å². The number of para-hydroxylation sites is 2. The van der Waals surface area contributed by atoms with Crippen molar-refractivity contribution in [3.8, 4) is 11.5 Å². The maximum atomic E-state index is 12.8. The van der Waals surface area contributed by atoms with Crippen LogP contribution in [0.4, 0.5) is 17.4 Å². The van der Waals surface area contributed by atoms with Crippen LogP contribution in [0.1, 0.15) is 28.6 Å². The molecule has 0 amide bonds. The molecule has 192 valence electrons. The van der Waals surface area contributed by atoms with Gasteiger partial charge in [0.1, 0.15) is 12.4 Å². The molecule has 10 heteroatoms. The van der Waals surface area contributed by atoms with Gasteiger partial charge in [-0.2, -0.15) is 0 Å². The SMILES string of the molecule is CCOC(=O)c1c(Nc2ccccc2OCCN2CCOCC2)oc(C=C2C=Nc3ncccc32)c1O. The lowest BCUT2D eigenvalue weighted by Crippen LogP contribution is -2.38. The van der Waals surface area contributed by atoms with Crippen molar-refractivity contribution in [3.05, 3.63) is 59.5 Å². The predicted molar refractivity (Wildman–Crippen MR) is 139 cm³/mol. The lowest BCUT2D eigenvalue weighted by Gasteiger charge is -2.26. The van der Waals surface area contributed by atoms with Crippen molar-refractivity contribution in [1.82, 2.24) is 9.88 Å². The van der Waals surface area contributed by atoms with E-state index < -0.39 is 5.97 Å². The highest BCUT2D eigenvalue weighted by molar-refractivity contribution is 6.21. The van der Waals surface area contributed by atoms with Crippen LogP contribution in [0.25, 0.3) is 11.6 Å². The molecular weight excluding hydrogens is 476 g/mol. The van der Waals surface area contributed by atoms with Gasteiger partial charge in [-0.3, -0.25) is 4.90 Å². The molecule has 2 aliphatic heterocycles. The van der Waals surface area contributed by atoms with Crippen LogP contribution in [0, 0.1) is 0 Å². The van der Waals surface area contributed by atoms with Gasteiger partial charge in [-0.25, -0.2) is 14.8 Å². The van der Waals surface area contributed by atoms with Gasteiger partial charge < -0.3 is 29.1 Å². The van der Waals surface area contributed by atoms with Crippen molar-refractivity contribution < 1.29 is 28.5 Å². The number of hydrogen-bond donors (Lipinski definition) is 2. The van der Waals surface area contributed by atoms with Crippen LogP contribution in [-0.4, -0.2) is 73.2 Å². The number of morpholine rings is 1. The fourth-order valence-electron chi connectivity index (χ4n) is 4.13. The summed E-state index contributed by atoms with van der Waals surface area (Å²) in [6, 6.07) is 11.0. The summed E-state index contributed by atoms with van der Waals surface area (Å²) >= 11 is 0. The van der Waals surface area contributed by atoms with Gasteiger partial charge in [0, 0.05) is 43.2 Å². The van der Waals surface area contributed by atoms with E-state index in [-0.39, 0.29) is 29.6 Å². The number of pyridine rings is 1. The number of aromatic hydroxyl groups is 1. The molecule has 2 aromatic heterocycles. The number of anilines is 2. The Morgan fingerprint density at radius 1 is 1.22 bits per heavy atom. The lowest BCUT2D eigenvalue weighted by molar-refractivity contribution is 0.0323. The van der Waals surface area contributed by atoms with Crippen molar-refractivity contribution in [2.75, 3.05) is 51.4 Å². The minimum Gasteiger partial charge on any atom is -0.504 e. The smallest absolute Gasteiger partial charge is 0.347 e. The van der Waals surface area contributed by atoms with E-state index in [1.54, 1.807) is 31.5 Å². The van der Waals surface area contributed by atoms with Gasteiger partial charge in [0.25, 0.3) is 0 Å². The summed E-state index contributed by atoms with van der Waals surface area (Å²) in [5.41, 5.74) is 1.98. The van der Waals surface area contributed by atoms with E-state index in [0.717, 1.165) is 38.4 Å². The van der Waals surface area contributed by atoms with Crippen LogP contribution in [0.5, 0.6) is 11.5 Å². The molecule has 1 fully saturated rings. The number of benzene rings is 1. The quantitative estimate of drug-likeness (QED) is 0.412. The number of rotatable bonds is 9. The van der Waals surface area contributed by atoms with E-state index in [2.05, 4.69) is 20.2 Å². The van der Waals surface area contributed by atoms with Crippen LogP contribution < -0.4 is 10.1 Å². The first-order chi connectivity index (χ1) is 18.1. The first kappa shape index (κ1) is 24.5. The standard InChI is InChI=1S/C27H28N4O6/c1-2-35-27(33)23-24(32)22(16-18-17-29-25-19(18)6-5-9-28-25)37-26(23)30-20-7-3-4-8-21(20)36-15-12-31-10-13-34-14-11-31/h3-9,16-17,30,32H,2,10-15H2,1H3. The second kappa shape index (κ2) is 11.3. The number of hydrogen-bond acceptors (Lipinski definition) is 10. The third-order valence-corrected chi connectivity index (χ3v) is 6.00. The summed E-state index contributed by atoms with van der Waals surface area (Å²) in [5, 5.41) is 14.1. The molecule has 4 heterocycles. The van der Waals surface area contributed by atoms with Crippen molar-refractivity contribution in [3.63, 3.8) is 0 Å². The zero-order chi connectivity index (χ0) is 25.6. The maximum absolute atomic E-state index is 12.8. The summed E-state index contributed by atoms with van der Waals surface area (Å²) in [4.78, 5) is 23.6. The molecule has 0 spiro atoms. The number of esters is 1. The van der Waals surface area contributed by atoms with Crippen LogP contribution in [0.3, 0.4) is 0 Å². The minimum absolute atomic E-state index is 0.0494. The van der Waals surface area contributed by atoms with E-state index in [1.807, 2.05) is 30.3 Å². The number of carbonyl (C=O) groups excluding carboxylic acids is 1. The largest absolute Gasteiger partial charge is 0.504 e. The number of fused-ring (bicyclic) bond motifs is 1. The van der Waals surface area contributed by atoms with Crippen molar-refractivity contribution in [2.24, 2.45) is 4.99 Å². The molecule has 37 heavy (non-hydrogen) atoms. The Morgan fingerprint density at radius 3 is 2.89 bits per heavy atom. The fourth-order valence-corrected chi connectivity index (χ4v) is 4.13. The van der Waals surface area contributed by atoms with E-state index in [1.165, 1.54) is 0 Å². The number of nitrogens with one attached hydrogen (secondary N) is 1. The molecule has 10 nitrogen and oxygen atoms in total. The number of carbonyl (C=O) groups is 1. The number of ether oxygens (including phenoxy) is 3. The number of aromatic nitrogens is 1. The normalized spacial score (nSPS) is 16.1. The molecule has 0 aliphatic carbocycles. The molecule has 3 aromatic rings. The van der Waals surface area contributed by atoms with Crippen LogP contribution in [-0.2, 0) is 9.47 Å². The summed E-state index contributed by atoms with van der Waals surface area (Å²) in [6.45, 7) is 6.29. The molecule has 5 rings (SSSR count). The molecule has 0 bridgehead atoms. The molecule has 0 unspecified atom stereocenters. The number of furan rings is 1. The Kier molecular flexibility index (Phi) is 7.48. The average Bonchev–Trinajstić information content (AvgIpc) is 3.46. The van der Waals surface area contributed by atoms with Gasteiger partial charge in [-0.15, -0.1) is 0 Å². The monoisotopic (exact) mass is 504 g/mol. The predicted octanol–water partition coefficient (Wildman–Crippen LogP) is 4.27. The first-order valence-electron chi connectivity index (χ1n) is 12.2. The Morgan fingerprint density at radius 2 is 2.05 bits per heavy atom. The molecule has 0 atom stereocenters. The third kappa shape index (κ3) is 5.50. The molecule has 1 aromatic carbocycles. The molecule has 0 saturated carbocycles. The zero-order valence-electron chi connectivity index (χ0n) is 20.5. The molecule has 2 N–H and O–H groups in total. The molecule has 2 aliphatic rings. The van der Waals surface area contributed by atoms with E-state index >= 15 is 0 Å². The Balaban J connectivity index is 1.41. The highest BCUT2D eigenvalue weighted by Gasteiger charge is 2.28. The van der Waals surface area contributed by atoms with Gasteiger partial charge in [0.05, 0.1) is 25.5 Å². The van der Waals surface area contributed by atoms with Crippen molar-refractivity contribution in [1.29, 1.82) is 0 Å². The van der Waals surface area contributed by atoms with E-state index in [9.17, 15) is 9.90 Å². The molecular formula is C27H28N4O6. The summed E-state index contributed by atoms with van der Waals surface area (Å²) in [7, 11) is 0. The summed E-state index contributed by atoms with van der Waals surface area (Å²) < 4.78 is 22.6. The topological polar surface area (TPSA) is 119 Å². The third-order valence-electron chi connectivity index (χ3n) is 6.00. The molecule has 1 saturated heterocycles. The average molecular weight is 505 g/mol. The summed E-state index contributed by atoms with van der Waals surface area (Å²) in [5.74, 6) is 0.271. The summed E-state index contributed by atoms with van der Waals surface area (Å²) in [6.07, 6.45) is 4.91. The second-order valence-corrected chi connectivity index (χ2v) is 8.40. The second-order valence-electron chi connectivity index (χ2n) is 8.40. The van der Waals surface area contributed by atoms with Crippen LogP contribution >= 0.6 is 0 Å². The van der Waals surface area contributed by atoms with Gasteiger partial charge >= 0.3 is 5.97 Å². The fraction of sp³-hybridized carbons (Fsp3) is 0.296. The van der Waals surface area contributed by atoms with Crippen molar-refractivity contribution in [2.45, 2.75) is 6.92 Å². The van der Waals surface area contributed by atoms with Crippen molar-refractivity contribution >= 4 is 41.2 Å². The van der Waals surface area contributed by atoms with Crippen LogP contribution in [0.15, 0.2) is 52.0 Å². The van der Waals surface area contributed by atoms with Gasteiger partial charge in [0.15, 0.2) is 22.9 Å². The van der Waals surface area contributed by atoms with Crippen LogP contribution in [0.2, 0.25) is 0 Å². The first-order valence-corrected chi connectivity index (χ1v) is 12.2. The maximum Gasteiger partial charge on any atom is 0.347 e. The van der Waals surface area contributed by atoms with Gasteiger partial charge in [0.2, 0.25) is 5.88 Å². The van der Waals surface area contributed by atoms with E-state index in [4.69, 9.17) is 18.6 Å².